The molecule has 1 atom stereocenters. The van der Waals surface area contributed by atoms with E-state index in [0.717, 1.165) is 43.4 Å². The third-order valence-electron chi connectivity index (χ3n) is 5.68. The quantitative estimate of drug-likeness (QED) is 0.812. The molecule has 1 aromatic carbocycles. The van der Waals surface area contributed by atoms with Crippen molar-refractivity contribution in [2.24, 2.45) is 11.8 Å². The molecule has 2 aromatic rings. The van der Waals surface area contributed by atoms with Crippen molar-refractivity contribution in [3.05, 3.63) is 51.9 Å². The van der Waals surface area contributed by atoms with E-state index in [1.807, 2.05) is 36.1 Å². The van der Waals surface area contributed by atoms with Crippen molar-refractivity contribution < 1.29 is 9.59 Å². The molecule has 2 heterocycles. The van der Waals surface area contributed by atoms with Crippen molar-refractivity contribution in [1.29, 1.82) is 0 Å². The molecule has 1 saturated heterocycles. The molecule has 29 heavy (non-hydrogen) atoms. The third-order valence-corrected chi connectivity index (χ3v) is 5.68. The van der Waals surface area contributed by atoms with Crippen molar-refractivity contribution in [2.75, 3.05) is 19.6 Å². The Morgan fingerprint density at radius 1 is 1.21 bits per heavy atom. The molecule has 7 nitrogen and oxygen atoms in total. The third kappa shape index (κ3) is 4.55. The summed E-state index contributed by atoms with van der Waals surface area (Å²) < 4.78 is 0. The average molecular weight is 394 g/mol. The van der Waals surface area contributed by atoms with Gasteiger partial charge in [-0.05, 0) is 38.5 Å². The van der Waals surface area contributed by atoms with Crippen LogP contribution in [0.2, 0.25) is 0 Å². The zero-order chi connectivity index (χ0) is 20.4. The van der Waals surface area contributed by atoms with E-state index in [4.69, 9.17) is 0 Å². The minimum atomic E-state index is -0.456. The zero-order valence-corrected chi connectivity index (χ0v) is 16.6. The molecule has 1 aliphatic carbocycles. The van der Waals surface area contributed by atoms with Gasteiger partial charge >= 0.3 is 0 Å². The van der Waals surface area contributed by atoms with Crippen molar-refractivity contribution in [3.8, 4) is 11.4 Å². The van der Waals surface area contributed by atoms with Gasteiger partial charge in [0.2, 0.25) is 5.91 Å². The average Bonchev–Trinajstić information content (AvgIpc) is 3.57. The monoisotopic (exact) mass is 394 g/mol. The maximum absolute atomic E-state index is 12.5. The molecule has 2 fully saturated rings. The Morgan fingerprint density at radius 3 is 2.66 bits per heavy atom. The van der Waals surface area contributed by atoms with Gasteiger partial charge in [-0.2, -0.15) is 0 Å². The lowest BCUT2D eigenvalue weighted by Gasteiger charge is -2.33. The van der Waals surface area contributed by atoms with Gasteiger partial charge in [0.1, 0.15) is 11.4 Å². The Bertz CT molecular complexity index is 963. The highest BCUT2D eigenvalue weighted by molar-refractivity contribution is 5.93. The number of H-pyrrole nitrogens is 1. The summed E-state index contributed by atoms with van der Waals surface area (Å²) in [5, 5.41) is 2.84. The number of rotatable bonds is 5. The smallest absolute Gasteiger partial charge is 0.264 e. The fourth-order valence-corrected chi connectivity index (χ4v) is 3.77. The maximum atomic E-state index is 12.5. The normalized spacial score (nSPS) is 19.1. The first-order valence-corrected chi connectivity index (χ1v) is 10.2. The summed E-state index contributed by atoms with van der Waals surface area (Å²) in [5.41, 5.74) is 1.46. The van der Waals surface area contributed by atoms with Crippen LogP contribution in [0.4, 0.5) is 0 Å². The van der Waals surface area contributed by atoms with Crippen LogP contribution in [0, 0.1) is 18.8 Å². The van der Waals surface area contributed by atoms with Crippen molar-refractivity contribution >= 4 is 11.8 Å². The van der Waals surface area contributed by atoms with Gasteiger partial charge in [-0.15, -0.1) is 0 Å². The number of aromatic nitrogens is 2. The number of hydrogen-bond donors (Lipinski definition) is 2. The van der Waals surface area contributed by atoms with E-state index >= 15 is 0 Å². The Kier molecular flexibility index (Phi) is 5.47. The maximum Gasteiger partial charge on any atom is 0.264 e. The van der Waals surface area contributed by atoms with Crippen molar-refractivity contribution in [3.63, 3.8) is 0 Å². The first-order valence-electron chi connectivity index (χ1n) is 10.2. The summed E-state index contributed by atoms with van der Waals surface area (Å²) in [6, 6.07) is 7.64. The minimum absolute atomic E-state index is 0.00239. The van der Waals surface area contributed by atoms with E-state index in [-0.39, 0.29) is 23.3 Å². The lowest BCUT2D eigenvalue weighted by Crippen LogP contribution is -2.44. The highest BCUT2D eigenvalue weighted by Gasteiger charge is 2.35. The fourth-order valence-electron chi connectivity index (χ4n) is 3.77. The van der Waals surface area contributed by atoms with Gasteiger partial charge in [-0.25, -0.2) is 4.98 Å². The van der Waals surface area contributed by atoms with Crippen LogP contribution in [0.1, 0.15) is 41.6 Å². The van der Waals surface area contributed by atoms with Crippen LogP contribution >= 0.6 is 0 Å². The molecule has 1 aromatic heterocycles. The molecule has 7 heteroatoms. The Morgan fingerprint density at radius 2 is 1.97 bits per heavy atom. The standard InChI is InChI=1S/C22H26N4O3/c1-14-4-6-16(7-5-14)19-23-12-18(21(28)25-19)20(27)24-11-15-3-2-10-26(13-15)22(29)17-8-9-17/h4-7,12,15,17H,2-3,8-11,13H2,1H3,(H,24,27)(H,23,25,28). The van der Waals surface area contributed by atoms with Gasteiger partial charge in [0.15, 0.2) is 0 Å². The Hall–Kier alpha value is -2.96. The van der Waals surface area contributed by atoms with Gasteiger partial charge in [-0.1, -0.05) is 29.8 Å². The molecule has 0 bridgehead atoms. The van der Waals surface area contributed by atoms with Gasteiger partial charge in [0.05, 0.1) is 0 Å². The highest BCUT2D eigenvalue weighted by atomic mass is 16.2. The lowest BCUT2D eigenvalue weighted by molar-refractivity contribution is -0.134. The molecule has 4 rings (SSSR count). The number of aryl methyl sites for hydroxylation is 1. The lowest BCUT2D eigenvalue weighted by atomic mass is 9.97. The van der Waals surface area contributed by atoms with Gasteiger partial charge in [-0.3, -0.25) is 14.4 Å². The summed E-state index contributed by atoms with van der Waals surface area (Å²) >= 11 is 0. The van der Waals surface area contributed by atoms with Crippen LogP contribution in [0.5, 0.6) is 0 Å². The van der Waals surface area contributed by atoms with Crippen LogP contribution in [-0.4, -0.2) is 46.3 Å². The predicted molar refractivity (Wildman–Crippen MR) is 109 cm³/mol. The summed E-state index contributed by atoms with van der Waals surface area (Å²) in [6.07, 6.45) is 5.26. The van der Waals surface area contributed by atoms with Crippen LogP contribution in [0.15, 0.2) is 35.3 Å². The van der Waals surface area contributed by atoms with Crippen LogP contribution in [-0.2, 0) is 4.79 Å². The summed E-state index contributed by atoms with van der Waals surface area (Å²) in [5.74, 6) is 0.704. The number of likely N-dealkylation sites (tertiary alicyclic amines) is 1. The summed E-state index contributed by atoms with van der Waals surface area (Å²) in [4.78, 5) is 46.0. The zero-order valence-electron chi connectivity index (χ0n) is 16.6. The molecule has 2 N–H and O–H groups in total. The first kappa shape index (κ1) is 19.4. The van der Waals surface area contributed by atoms with Gasteiger partial charge in [0.25, 0.3) is 11.5 Å². The number of piperidine rings is 1. The molecule has 1 saturated carbocycles. The van der Waals surface area contributed by atoms with Crippen LogP contribution < -0.4 is 10.9 Å². The van der Waals surface area contributed by atoms with E-state index in [0.29, 0.717) is 18.9 Å². The Balaban J connectivity index is 1.36. The number of nitrogens with zero attached hydrogens (tertiary/aromatic N) is 2. The molecular weight excluding hydrogens is 368 g/mol. The summed E-state index contributed by atoms with van der Waals surface area (Å²) in [6.45, 7) is 3.92. The number of amides is 2. The molecular formula is C22H26N4O3. The van der Waals surface area contributed by atoms with Crippen LogP contribution in [0.3, 0.4) is 0 Å². The molecule has 0 spiro atoms. The molecule has 1 aliphatic heterocycles. The van der Waals surface area contributed by atoms with Crippen molar-refractivity contribution in [2.45, 2.75) is 32.6 Å². The fraction of sp³-hybridized carbons (Fsp3) is 0.455. The number of benzene rings is 1. The Labute approximate surface area is 169 Å². The second-order valence-electron chi connectivity index (χ2n) is 8.12. The number of hydrogen-bond acceptors (Lipinski definition) is 4. The SMILES string of the molecule is Cc1ccc(-c2ncc(C(=O)NCC3CCCN(C(=O)C4CC4)C3)c(=O)[nH]2)cc1. The van der Waals surface area contributed by atoms with Crippen molar-refractivity contribution in [1.82, 2.24) is 20.2 Å². The molecule has 1 unspecified atom stereocenters. The molecule has 2 amide bonds. The van der Waals surface area contributed by atoms with Crippen LogP contribution in [0.25, 0.3) is 11.4 Å². The first-order chi connectivity index (χ1) is 14.0. The minimum Gasteiger partial charge on any atom is -0.351 e. The highest BCUT2D eigenvalue weighted by Crippen LogP contribution is 2.32. The van der Waals surface area contributed by atoms with Gasteiger partial charge < -0.3 is 15.2 Å². The predicted octanol–water partition coefficient (Wildman–Crippen LogP) is 2.12. The number of nitrogens with one attached hydrogen (secondary N) is 2. The van der Waals surface area contributed by atoms with E-state index < -0.39 is 11.5 Å². The number of carbonyl (C=O) groups excluding carboxylic acids is 2. The van der Waals surface area contributed by atoms with E-state index in [2.05, 4.69) is 15.3 Å². The second kappa shape index (κ2) is 8.19. The summed E-state index contributed by atoms with van der Waals surface area (Å²) in [7, 11) is 0. The number of aromatic amines is 1. The van der Waals surface area contributed by atoms with E-state index in [9.17, 15) is 14.4 Å². The largest absolute Gasteiger partial charge is 0.351 e. The molecule has 0 radical (unpaired) electrons. The topological polar surface area (TPSA) is 95.2 Å². The second-order valence-corrected chi connectivity index (χ2v) is 8.12. The molecule has 152 valence electrons. The van der Waals surface area contributed by atoms with E-state index in [1.54, 1.807) is 0 Å². The van der Waals surface area contributed by atoms with Gasteiger partial charge in [0, 0.05) is 37.3 Å². The molecule has 2 aliphatic rings. The number of carbonyl (C=O) groups is 2. The van der Waals surface area contributed by atoms with E-state index in [1.165, 1.54) is 6.20 Å².